The van der Waals surface area contributed by atoms with E-state index in [0.717, 1.165) is 0 Å². The van der Waals surface area contributed by atoms with Gasteiger partial charge < -0.3 is 26.0 Å². The fraction of sp³-hybridized carbons (Fsp3) is 0.200. The second kappa shape index (κ2) is 8.42. The van der Waals surface area contributed by atoms with Gasteiger partial charge in [-0.3, -0.25) is 19.2 Å². The van der Waals surface area contributed by atoms with Crippen molar-refractivity contribution in [3.05, 3.63) is 48.0 Å². The molecule has 1 atom stereocenters. The van der Waals surface area contributed by atoms with E-state index < -0.39 is 17.9 Å². The number of carbonyl (C=O) groups excluding carboxylic acids is 4. The summed E-state index contributed by atoms with van der Waals surface area (Å²) in [7, 11) is 0. The molecular weight excluding hydrogens is 376 g/mol. The van der Waals surface area contributed by atoms with Crippen LogP contribution in [0.1, 0.15) is 25.5 Å². The fourth-order valence-corrected chi connectivity index (χ4v) is 2.78. The zero-order valence-electron chi connectivity index (χ0n) is 15.9. The first-order valence-corrected chi connectivity index (χ1v) is 8.88. The largest absolute Gasteiger partial charge is 0.482 e. The van der Waals surface area contributed by atoms with Crippen LogP contribution in [0.5, 0.6) is 5.75 Å². The van der Waals surface area contributed by atoms with Crippen molar-refractivity contribution in [2.75, 3.05) is 22.6 Å². The average molecular weight is 396 g/mol. The lowest BCUT2D eigenvalue weighted by molar-refractivity contribution is -0.136. The van der Waals surface area contributed by atoms with E-state index in [1.807, 2.05) is 0 Å². The van der Waals surface area contributed by atoms with Gasteiger partial charge in [0, 0.05) is 18.3 Å². The van der Waals surface area contributed by atoms with Crippen molar-refractivity contribution in [1.82, 2.24) is 5.32 Å². The number of rotatable bonds is 4. The van der Waals surface area contributed by atoms with E-state index in [0.29, 0.717) is 28.4 Å². The number of hydrogen-bond donors (Lipinski definition) is 4. The van der Waals surface area contributed by atoms with Gasteiger partial charge in [0.15, 0.2) is 6.61 Å². The van der Waals surface area contributed by atoms with Gasteiger partial charge in [-0.1, -0.05) is 12.1 Å². The van der Waals surface area contributed by atoms with Crippen LogP contribution in [0, 0.1) is 0 Å². The van der Waals surface area contributed by atoms with Gasteiger partial charge in [-0.15, -0.1) is 0 Å². The fourth-order valence-electron chi connectivity index (χ4n) is 2.78. The van der Waals surface area contributed by atoms with Gasteiger partial charge in [0.05, 0.1) is 11.7 Å². The lowest BCUT2D eigenvalue weighted by atomic mass is 10.1. The number of fused-ring (bicyclic) bond motifs is 1. The van der Waals surface area contributed by atoms with E-state index in [1.165, 1.54) is 6.92 Å². The van der Waals surface area contributed by atoms with E-state index in [-0.39, 0.29) is 18.4 Å². The molecule has 9 heteroatoms. The molecule has 0 aliphatic carbocycles. The van der Waals surface area contributed by atoms with Crippen molar-refractivity contribution in [3.8, 4) is 5.75 Å². The van der Waals surface area contributed by atoms with Crippen LogP contribution in [0.15, 0.2) is 42.5 Å². The van der Waals surface area contributed by atoms with E-state index in [9.17, 15) is 19.2 Å². The van der Waals surface area contributed by atoms with Crippen LogP contribution in [0.3, 0.4) is 0 Å². The topological polar surface area (TPSA) is 126 Å². The molecule has 9 nitrogen and oxygen atoms in total. The Hall–Kier alpha value is -3.88. The van der Waals surface area contributed by atoms with Gasteiger partial charge in [0.25, 0.3) is 5.91 Å². The van der Waals surface area contributed by atoms with Gasteiger partial charge in [0.1, 0.15) is 5.75 Å². The van der Waals surface area contributed by atoms with Gasteiger partial charge in [-0.2, -0.15) is 0 Å². The lowest BCUT2D eigenvalue weighted by Gasteiger charge is -2.20. The summed E-state index contributed by atoms with van der Waals surface area (Å²) in [6.45, 7) is 3.05. The van der Waals surface area contributed by atoms with E-state index in [4.69, 9.17) is 4.74 Å². The van der Waals surface area contributed by atoms with Crippen molar-refractivity contribution in [2.24, 2.45) is 0 Å². The maximum Gasteiger partial charge on any atom is 0.313 e. The standard InChI is InChI=1S/C20H20N4O5/c1-11(13-6-7-17-16(8-13)24-18(26)10-29-17)21-19(27)20(28)23-15-5-3-4-14(9-15)22-12(2)25/h3-9,11H,10H2,1-2H3,(H,21,27)(H,22,25)(H,23,28)(H,24,26)/t11-/m0/s1. The first-order valence-electron chi connectivity index (χ1n) is 8.88. The molecule has 1 aliphatic heterocycles. The lowest BCUT2D eigenvalue weighted by Crippen LogP contribution is -2.37. The van der Waals surface area contributed by atoms with Gasteiger partial charge in [0.2, 0.25) is 5.91 Å². The molecule has 4 amide bonds. The Morgan fingerprint density at radius 3 is 2.48 bits per heavy atom. The van der Waals surface area contributed by atoms with Gasteiger partial charge in [-0.25, -0.2) is 0 Å². The molecule has 4 N–H and O–H groups in total. The summed E-state index contributed by atoms with van der Waals surface area (Å²) in [6, 6.07) is 11.1. The summed E-state index contributed by atoms with van der Waals surface area (Å²) in [5, 5.41) is 10.4. The number of carbonyl (C=O) groups is 4. The van der Waals surface area contributed by atoms with Gasteiger partial charge in [-0.05, 0) is 42.8 Å². The number of anilines is 3. The molecular formula is C20H20N4O5. The third kappa shape index (κ3) is 5.10. The molecule has 0 radical (unpaired) electrons. The Kier molecular flexibility index (Phi) is 5.77. The second-order valence-electron chi connectivity index (χ2n) is 6.50. The van der Waals surface area contributed by atoms with E-state index >= 15 is 0 Å². The maximum absolute atomic E-state index is 12.2. The highest BCUT2D eigenvalue weighted by molar-refractivity contribution is 6.39. The molecule has 0 unspecified atom stereocenters. The summed E-state index contributed by atoms with van der Waals surface area (Å²) in [5.41, 5.74) is 2.09. The van der Waals surface area contributed by atoms with Crippen LogP contribution in [0.4, 0.5) is 17.1 Å². The van der Waals surface area contributed by atoms with Crippen LogP contribution in [-0.4, -0.2) is 30.2 Å². The zero-order chi connectivity index (χ0) is 21.0. The highest BCUT2D eigenvalue weighted by Gasteiger charge is 2.20. The quantitative estimate of drug-likeness (QED) is 0.586. The monoisotopic (exact) mass is 396 g/mol. The van der Waals surface area contributed by atoms with Crippen LogP contribution >= 0.6 is 0 Å². The molecule has 1 aliphatic rings. The average Bonchev–Trinajstić information content (AvgIpc) is 2.67. The first-order chi connectivity index (χ1) is 13.8. The van der Waals surface area contributed by atoms with Crippen LogP contribution in [-0.2, 0) is 19.2 Å². The molecule has 2 aromatic carbocycles. The maximum atomic E-state index is 12.2. The van der Waals surface area contributed by atoms with Crippen LogP contribution in [0.25, 0.3) is 0 Å². The van der Waals surface area contributed by atoms with Crippen molar-refractivity contribution in [1.29, 1.82) is 0 Å². The minimum Gasteiger partial charge on any atom is -0.482 e. The summed E-state index contributed by atoms with van der Waals surface area (Å²) >= 11 is 0. The SMILES string of the molecule is CC(=O)Nc1cccc(NC(=O)C(=O)N[C@@H](C)c2ccc3c(c2)NC(=O)CO3)c1. The van der Waals surface area contributed by atoms with Crippen molar-refractivity contribution in [2.45, 2.75) is 19.9 Å². The molecule has 0 saturated heterocycles. The second-order valence-corrected chi connectivity index (χ2v) is 6.50. The van der Waals surface area contributed by atoms with Crippen molar-refractivity contribution >= 4 is 40.7 Å². The van der Waals surface area contributed by atoms with Crippen LogP contribution in [0.2, 0.25) is 0 Å². The first kappa shape index (κ1) is 19.9. The van der Waals surface area contributed by atoms with E-state index in [2.05, 4.69) is 21.3 Å². The Balaban J connectivity index is 1.62. The molecule has 2 aromatic rings. The molecule has 0 fully saturated rings. The number of nitrogens with one attached hydrogen (secondary N) is 4. The summed E-state index contributed by atoms with van der Waals surface area (Å²) in [4.78, 5) is 47.0. The number of ether oxygens (including phenoxy) is 1. The van der Waals surface area contributed by atoms with Crippen LogP contribution < -0.4 is 26.0 Å². The smallest absolute Gasteiger partial charge is 0.313 e. The number of hydrogen-bond acceptors (Lipinski definition) is 5. The van der Waals surface area contributed by atoms with Gasteiger partial charge >= 0.3 is 11.8 Å². The molecule has 0 saturated carbocycles. The third-order valence-corrected chi connectivity index (χ3v) is 4.13. The Morgan fingerprint density at radius 1 is 1.03 bits per heavy atom. The minimum atomic E-state index is -0.841. The van der Waals surface area contributed by atoms with Crippen molar-refractivity contribution < 1.29 is 23.9 Å². The van der Waals surface area contributed by atoms with Crippen molar-refractivity contribution in [3.63, 3.8) is 0 Å². The minimum absolute atomic E-state index is 0.0397. The predicted octanol–water partition coefficient (Wildman–Crippen LogP) is 1.79. The molecule has 150 valence electrons. The zero-order valence-corrected chi connectivity index (χ0v) is 15.9. The molecule has 0 aromatic heterocycles. The Labute approximate surface area is 166 Å². The molecule has 29 heavy (non-hydrogen) atoms. The normalized spacial score (nSPS) is 13.2. The molecule has 0 spiro atoms. The summed E-state index contributed by atoms with van der Waals surface area (Å²) < 4.78 is 5.30. The summed E-state index contributed by atoms with van der Waals surface area (Å²) in [6.07, 6.45) is 0. The highest BCUT2D eigenvalue weighted by atomic mass is 16.5. The van der Waals surface area contributed by atoms with E-state index in [1.54, 1.807) is 49.4 Å². The molecule has 1 heterocycles. The third-order valence-electron chi connectivity index (χ3n) is 4.13. The predicted molar refractivity (Wildman–Crippen MR) is 106 cm³/mol. The highest BCUT2D eigenvalue weighted by Crippen LogP contribution is 2.30. The molecule has 3 rings (SSSR count). The number of benzene rings is 2. The Bertz CT molecular complexity index is 989. The molecule has 0 bridgehead atoms. The Morgan fingerprint density at radius 2 is 1.76 bits per heavy atom. The number of amides is 4. The summed E-state index contributed by atoms with van der Waals surface area (Å²) in [5.74, 6) is -1.62.